The standard InChI is InChI=1S/C11H15NO5S2/c1-3-7-6-8(11(14)15)10(18-7)12-9(13)4-5-19(2,16)17/h6H,3-5H2,1-2H3,(H,12,13)(H,14,15). The lowest BCUT2D eigenvalue weighted by Gasteiger charge is -2.03. The van der Waals surface area contributed by atoms with E-state index in [2.05, 4.69) is 5.32 Å². The highest BCUT2D eigenvalue weighted by atomic mass is 32.2. The minimum Gasteiger partial charge on any atom is -0.478 e. The summed E-state index contributed by atoms with van der Waals surface area (Å²) in [6, 6.07) is 1.51. The Morgan fingerprint density at radius 3 is 2.53 bits per heavy atom. The van der Waals surface area contributed by atoms with Gasteiger partial charge in [0.25, 0.3) is 0 Å². The Bertz CT molecular complexity index is 588. The number of hydrogen-bond donors (Lipinski definition) is 2. The molecule has 0 spiro atoms. The van der Waals surface area contributed by atoms with Gasteiger partial charge in [-0.1, -0.05) is 6.92 Å². The summed E-state index contributed by atoms with van der Waals surface area (Å²) in [7, 11) is -3.21. The summed E-state index contributed by atoms with van der Waals surface area (Å²) in [4.78, 5) is 23.4. The zero-order chi connectivity index (χ0) is 14.6. The molecule has 1 aromatic heterocycles. The smallest absolute Gasteiger partial charge is 0.338 e. The van der Waals surface area contributed by atoms with Crippen LogP contribution in [0.1, 0.15) is 28.6 Å². The topological polar surface area (TPSA) is 101 Å². The predicted molar refractivity (Wildman–Crippen MR) is 73.6 cm³/mol. The van der Waals surface area contributed by atoms with Gasteiger partial charge in [-0.25, -0.2) is 13.2 Å². The van der Waals surface area contributed by atoms with Gasteiger partial charge in [0, 0.05) is 17.6 Å². The zero-order valence-electron chi connectivity index (χ0n) is 10.6. The zero-order valence-corrected chi connectivity index (χ0v) is 12.2. The molecule has 0 saturated heterocycles. The summed E-state index contributed by atoms with van der Waals surface area (Å²) in [6.45, 7) is 1.88. The highest BCUT2D eigenvalue weighted by Crippen LogP contribution is 2.28. The number of carboxylic acids is 1. The Morgan fingerprint density at radius 2 is 2.05 bits per heavy atom. The molecular formula is C11H15NO5S2. The fraction of sp³-hybridized carbons (Fsp3) is 0.455. The minimum atomic E-state index is -3.21. The molecule has 0 aromatic carbocycles. The van der Waals surface area contributed by atoms with Gasteiger partial charge in [0.05, 0.1) is 11.3 Å². The van der Waals surface area contributed by atoms with E-state index in [1.807, 2.05) is 6.92 Å². The Labute approximate surface area is 115 Å². The summed E-state index contributed by atoms with van der Waals surface area (Å²) < 4.78 is 21.9. The summed E-state index contributed by atoms with van der Waals surface area (Å²) in [5.74, 6) is -1.88. The number of hydrogen-bond acceptors (Lipinski definition) is 5. The number of rotatable bonds is 6. The average molecular weight is 305 g/mol. The van der Waals surface area contributed by atoms with Crippen LogP contribution in [0.15, 0.2) is 6.07 Å². The fourth-order valence-corrected chi connectivity index (χ4v) is 2.90. The largest absolute Gasteiger partial charge is 0.478 e. The number of carbonyl (C=O) groups is 2. The molecule has 106 valence electrons. The Kier molecular flexibility index (Phi) is 5.07. The van der Waals surface area contributed by atoms with Crippen LogP contribution >= 0.6 is 11.3 Å². The maximum Gasteiger partial charge on any atom is 0.338 e. The normalized spacial score (nSPS) is 11.3. The molecule has 1 aromatic rings. The number of anilines is 1. The molecular weight excluding hydrogens is 290 g/mol. The summed E-state index contributed by atoms with van der Waals surface area (Å²) in [5.41, 5.74) is 0.0366. The van der Waals surface area contributed by atoms with Gasteiger partial charge in [-0.15, -0.1) is 11.3 Å². The van der Waals surface area contributed by atoms with E-state index in [1.54, 1.807) is 0 Å². The lowest BCUT2D eigenvalue weighted by atomic mass is 10.2. The second kappa shape index (κ2) is 6.16. The van der Waals surface area contributed by atoms with Crippen molar-refractivity contribution < 1.29 is 23.1 Å². The van der Waals surface area contributed by atoms with Gasteiger partial charge in [-0.2, -0.15) is 0 Å². The SMILES string of the molecule is CCc1cc(C(=O)O)c(NC(=O)CCS(C)(=O)=O)s1. The van der Waals surface area contributed by atoms with E-state index in [-0.39, 0.29) is 22.7 Å². The highest BCUT2D eigenvalue weighted by molar-refractivity contribution is 7.90. The first-order chi connectivity index (χ1) is 8.73. The van der Waals surface area contributed by atoms with E-state index in [4.69, 9.17) is 5.11 Å². The van der Waals surface area contributed by atoms with Crippen LogP contribution in [0.25, 0.3) is 0 Å². The highest BCUT2D eigenvalue weighted by Gasteiger charge is 2.17. The molecule has 1 heterocycles. The van der Waals surface area contributed by atoms with E-state index in [1.165, 1.54) is 17.4 Å². The lowest BCUT2D eigenvalue weighted by Crippen LogP contribution is -2.17. The Morgan fingerprint density at radius 1 is 1.42 bits per heavy atom. The van der Waals surface area contributed by atoms with Gasteiger partial charge in [0.15, 0.2) is 0 Å². The van der Waals surface area contributed by atoms with Crippen LogP contribution in [0.5, 0.6) is 0 Å². The van der Waals surface area contributed by atoms with E-state index in [9.17, 15) is 18.0 Å². The quantitative estimate of drug-likeness (QED) is 0.827. The van der Waals surface area contributed by atoms with Crippen molar-refractivity contribution in [3.05, 3.63) is 16.5 Å². The molecule has 0 aliphatic rings. The van der Waals surface area contributed by atoms with Gasteiger partial charge in [0.2, 0.25) is 5.91 Å². The third-order valence-electron chi connectivity index (χ3n) is 2.31. The third kappa shape index (κ3) is 4.99. The lowest BCUT2D eigenvalue weighted by molar-refractivity contribution is -0.115. The molecule has 0 fully saturated rings. The number of sulfone groups is 1. The summed E-state index contributed by atoms with van der Waals surface area (Å²) in [6.07, 6.45) is 1.53. The van der Waals surface area contributed by atoms with Crippen LogP contribution in [0.2, 0.25) is 0 Å². The van der Waals surface area contributed by atoms with Crippen molar-refractivity contribution in [2.24, 2.45) is 0 Å². The van der Waals surface area contributed by atoms with E-state index in [0.29, 0.717) is 6.42 Å². The summed E-state index contributed by atoms with van der Waals surface area (Å²) in [5, 5.41) is 11.7. The van der Waals surface area contributed by atoms with Crippen LogP contribution < -0.4 is 5.32 Å². The van der Waals surface area contributed by atoms with E-state index < -0.39 is 21.7 Å². The van der Waals surface area contributed by atoms with Crippen LogP contribution in [0.3, 0.4) is 0 Å². The van der Waals surface area contributed by atoms with Gasteiger partial charge < -0.3 is 10.4 Å². The monoisotopic (exact) mass is 305 g/mol. The summed E-state index contributed by atoms with van der Waals surface area (Å²) >= 11 is 1.19. The number of aryl methyl sites for hydroxylation is 1. The molecule has 0 atom stereocenters. The fourth-order valence-electron chi connectivity index (χ4n) is 1.34. The van der Waals surface area contributed by atoms with Crippen molar-refractivity contribution in [1.29, 1.82) is 0 Å². The number of nitrogens with one attached hydrogen (secondary N) is 1. The molecule has 19 heavy (non-hydrogen) atoms. The molecule has 1 rings (SSSR count). The second-order valence-corrected chi connectivity index (χ2v) is 7.44. The van der Waals surface area contributed by atoms with Crippen molar-refractivity contribution in [3.8, 4) is 0 Å². The molecule has 0 radical (unpaired) electrons. The molecule has 0 aliphatic heterocycles. The number of carbonyl (C=O) groups excluding carboxylic acids is 1. The van der Waals surface area contributed by atoms with Gasteiger partial charge in [-0.3, -0.25) is 4.79 Å². The van der Waals surface area contributed by atoms with Crippen molar-refractivity contribution in [3.63, 3.8) is 0 Å². The molecule has 0 aliphatic carbocycles. The molecule has 0 bridgehead atoms. The maximum atomic E-state index is 11.6. The van der Waals surface area contributed by atoms with Crippen molar-refractivity contribution in [2.75, 3.05) is 17.3 Å². The van der Waals surface area contributed by atoms with Gasteiger partial charge in [0.1, 0.15) is 14.8 Å². The molecule has 6 nitrogen and oxygen atoms in total. The first kappa shape index (κ1) is 15.6. The third-order valence-corrected chi connectivity index (χ3v) is 4.46. The molecule has 1 amide bonds. The van der Waals surface area contributed by atoms with Crippen molar-refractivity contribution >= 4 is 38.1 Å². The maximum absolute atomic E-state index is 11.6. The molecule has 2 N–H and O–H groups in total. The molecule has 0 unspecified atom stereocenters. The number of thiophene rings is 1. The predicted octanol–water partition coefficient (Wildman–Crippen LogP) is 1.38. The molecule has 8 heteroatoms. The first-order valence-corrected chi connectivity index (χ1v) is 8.44. The number of carboxylic acid groups (broad SMARTS) is 1. The van der Waals surface area contributed by atoms with E-state index >= 15 is 0 Å². The van der Waals surface area contributed by atoms with Gasteiger partial charge in [-0.05, 0) is 12.5 Å². The average Bonchev–Trinajstić information content (AvgIpc) is 2.69. The Hall–Kier alpha value is -1.41. The Balaban J connectivity index is 2.78. The van der Waals surface area contributed by atoms with Gasteiger partial charge >= 0.3 is 5.97 Å². The van der Waals surface area contributed by atoms with Crippen LogP contribution in [0.4, 0.5) is 5.00 Å². The van der Waals surface area contributed by atoms with E-state index in [0.717, 1.165) is 11.1 Å². The second-order valence-electron chi connectivity index (χ2n) is 4.04. The number of aromatic carboxylic acids is 1. The van der Waals surface area contributed by atoms with Crippen LogP contribution in [-0.4, -0.2) is 37.4 Å². The molecule has 0 saturated carbocycles. The van der Waals surface area contributed by atoms with Crippen molar-refractivity contribution in [2.45, 2.75) is 19.8 Å². The van der Waals surface area contributed by atoms with Crippen LogP contribution in [-0.2, 0) is 21.1 Å². The van der Waals surface area contributed by atoms with Crippen molar-refractivity contribution in [1.82, 2.24) is 0 Å². The first-order valence-electron chi connectivity index (χ1n) is 5.56. The van der Waals surface area contributed by atoms with Crippen LogP contribution in [0, 0.1) is 0 Å². The number of amides is 1. The minimum absolute atomic E-state index is 0.0366.